The quantitative estimate of drug-likeness (QED) is 0.783. The number of ether oxygens (including phenoxy) is 1. The van der Waals surface area contributed by atoms with Crippen molar-refractivity contribution in [1.29, 1.82) is 0 Å². The van der Waals surface area contributed by atoms with Crippen molar-refractivity contribution in [1.82, 2.24) is 4.90 Å². The first-order valence-corrected chi connectivity index (χ1v) is 8.70. The maximum Gasteiger partial charge on any atom is 0.222 e. The van der Waals surface area contributed by atoms with E-state index in [1.54, 1.807) is 6.07 Å². The highest BCUT2D eigenvalue weighted by molar-refractivity contribution is 6.42. The van der Waals surface area contributed by atoms with Gasteiger partial charge in [-0.1, -0.05) is 29.3 Å². The van der Waals surface area contributed by atoms with E-state index < -0.39 is 0 Å². The monoisotopic (exact) mass is 341 g/mol. The summed E-state index contributed by atoms with van der Waals surface area (Å²) in [6.07, 6.45) is 5.01. The fourth-order valence-corrected chi connectivity index (χ4v) is 3.07. The minimum Gasteiger partial charge on any atom is -0.376 e. The van der Waals surface area contributed by atoms with Crippen LogP contribution in [0.15, 0.2) is 18.2 Å². The third-order valence-corrected chi connectivity index (χ3v) is 5.11. The summed E-state index contributed by atoms with van der Waals surface area (Å²) in [5.41, 5.74) is 1.04. The number of carbonyl (C=O) groups excluding carboxylic acids is 1. The van der Waals surface area contributed by atoms with Gasteiger partial charge in [-0.05, 0) is 49.3 Å². The normalized spacial score (nSPS) is 21.4. The van der Waals surface area contributed by atoms with Crippen LogP contribution in [-0.2, 0) is 16.0 Å². The second-order valence-corrected chi connectivity index (χ2v) is 7.09. The molecule has 120 valence electrons. The number of rotatable bonds is 6. The van der Waals surface area contributed by atoms with Crippen LogP contribution >= 0.6 is 23.2 Å². The van der Waals surface area contributed by atoms with Crippen molar-refractivity contribution in [2.24, 2.45) is 5.92 Å². The molecule has 1 amide bonds. The molecule has 1 aliphatic carbocycles. The van der Waals surface area contributed by atoms with Crippen molar-refractivity contribution in [3.05, 3.63) is 33.8 Å². The number of halogens is 2. The Hall–Kier alpha value is -0.770. The third-order valence-electron chi connectivity index (χ3n) is 4.37. The summed E-state index contributed by atoms with van der Waals surface area (Å²) in [5.74, 6) is 0.975. The molecule has 0 radical (unpaired) electrons. The van der Waals surface area contributed by atoms with Crippen molar-refractivity contribution in [3.8, 4) is 0 Å². The molecule has 0 N–H and O–H groups in total. The smallest absolute Gasteiger partial charge is 0.222 e. The molecule has 2 aliphatic rings. The first-order chi connectivity index (χ1) is 10.6. The summed E-state index contributed by atoms with van der Waals surface area (Å²) in [4.78, 5) is 14.2. The Labute approximate surface area is 141 Å². The molecular formula is C17H21Cl2NO2. The van der Waals surface area contributed by atoms with Crippen molar-refractivity contribution in [2.45, 2.75) is 38.2 Å². The maximum absolute atomic E-state index is 12.3. The van der Waals surface area contributed by atoms with Gasteiger partial charge in [0, 0.05) is 26.1 Å². The highest BCUT2D eigenvalue weighted by atomic mass is 35.5. The number of carbonyl (C=O) groups is 1. The Balaban J connectivity index is 1.42. The number of aryl methyl sites for hydroxylation is 1. The van der Waals surface area contributed by atoms with Crippen molar-refractivity contribution >= 4 is 29.1 Å². The largest absolute Gasteiger partial charge is 0.376 e. The fraction of sp³-hybridized carbons (Fsp3) is 0.588. The van der Waals surface area contributed by atoms with Gasteiger partial charge in [0.1, 0.15) is 0 Å². The van der Waals surface area contributed by atoms with Gasteiger partial charge in [0.15, 0.2) is 0 Å². The zero-order chi connectivity index (χ0) is 15.5. The average molecular weight is 342 g/mol. The highest BCUT2D eigenvalue weighted by Gasteiger charge is 2.29. The van der Waals surface area contributed by atoms with Crippen LogP contribution in [0.2, 0.25) is 10.0 Å². The molecule has 5 heteroatoms. The molecule has 2 fully saturated rings. The molecule has 3 nitrogen and oxygen atoms in total. The van der Waals surface area contributed by atoms with Gasteiger partial charge in [0.05, 0.1) is 16.1 Å². The molecule has 22 heavy (non-hydrogen) atoms. The molecule has 0 bridgehead atoms. The number of hydrogen-bond donors (Lipinski definition) is 0. The van der Waals surface area contributed by atoms with Crippen LogP contribution in [0.5, 0.6) is 0 Å². The van der Waals surface area contributed by atoms with E-state index in [-0.39, 0.29) is 12.0 Å². The third kappa shape index (κ3) is 4.37. The van der Waals surface area contributed by atoms with Gasteiger partial charge in [-0.3, -0.25) is 4.79 Å². The van der Waals surface area contributed by atoms with E-state index in [1.807, 2.05) is 17.0 Å². The lowest BCUT2D eigenvalue weighted by atomic mass is 10.1. The SMILES string of the molecule is O=C(CCc1ccc(Cl)c(Cl)c1)N1CCC(OCC2CC2)C1. The van der Waals surface area contributed by atoms with Gasteiger partial charge in [-0.25, -0.2) is 0 Å². The molecule has 1 aromatic carbocycles. The minimum atomic E-state index is 0.198. The van der Waals surface area contributed by atoms with E-state index in [9.17, 15) is 4.79 Å². The van der Waals surface area contributed by atoms with Gasteiger partial charge in [0.25, 0.3) is 0 Å². The summed E-state index contributed by atoms with van der Waals surface area (Å²) in [6, 6.07) is 5.54. The first-order valence-electron chi connectivity index (χ1n) is 7.95. The number of hydrogen-bond acceptors (Lipinski definition) is 2. The highest BCUT2D eigenvalue weighted by Crippen LogP contribution is 2.30. The zero-order valence-corrected chi connectivity index (χ0v) is 14.1. The topological polar surface area (TPSA) is 29.5 Å². The van der Waals surface area contributed by atoms with Crippen molar-refractivity contribution in [2.75, 3.05) is 19.7 Å². The molecule has 1 aliphatic heterocycles. The molecule has 1 saturated heterocycles. The maximum atomic E-state index is 12.3. The Bertz CT molecular complexity index is 545. The molecule has 3 rings (SSSR count). The second kappa shape index (κ2) is 7.20. The van der Waals surface area contributed by atoms with E-state index in [0.717, 1.165) is 37.6 Å². The summed E-state index contributed by atoms with van der Waals surface area (Å²) in [7, 11) is 0. The van der Waals surface area contributed by atoms with Crippen LogP contribution < -0.4 is 0 Å². The van der Waals surface area contributed by atoms with Crippen molar-refractivity contribution < 1.29 is 9.53 Å². The van der Waals surface area contributed by atoms with E-state index in [2.05, 4.69) is 0 Å². The van der Waals surface area contributed by atoms with Crippen LogP contribution in [-0.4, -0.2) is 36.6 Å². The standard InChI is InChI=1S/C17H21Cl2NO2/c18-15-5-3-12(9-16(15)19)4-6-17(21)20-8-7-14(10-20)22-11-13-1-2-13/h3,5,9,13-14H,1-2,4,6-8,10-11H2. The molecule has 0 aromatic heterocycles. The Morgan fingerprint density at radius 1 is 1.23 bits per heavy atom. The number of nitrogens with zero attached hydrogens (tertiary/aromatic N) is 1. The number of likely N-dealkylation sites (tertiary alicyclic amines) is 1. The summed E-state index contributed by atoms with van der Waals surface area (Å²) in [5, 5.41) is 1.09. The predicted molar refractivity (Wildman–Crippen MR) is 88.4 cm³/mol. The predicted octanol–water partition coefficient (Wildman–Crippen LogP) is 3.95. The van der Waals surface area contributed by atoms with Crippen LogP contribution in [0.25, 0.3) is 0 Å². The van der Waals surface area contributed by atoms with E-state index in [1.165, 1.54) is 12.8 Å². The minimum absolute atomic E-state index is 0.198. The number of benzene rings is 1. The molecule has 1 saturated carbocycles. The molecule has 1 unspecified atom stereocenters. The zero-order valence-electron chi connectivity index (χ0n) is 12.6. The Morgan fingerprint density at radius 2 is 2.05 bits per heavy atom. The summed E-state index contributed by atoms with van der Waals surface area (Å²) < 4.78 is 5.87. The average Bonchev–Trinajstić information content (AvgIpc) is 3.22. The van der Waals surface area contributed by atoms with Crippen LogP contribution in [0.1, 0.15) is 31.2 Å². The van der Waals surface area contributed by atoms with Crippen molar-refractivity contribution in [3.63, 3.8) is 0 Å². The van der Waals surface area contributed by atoms with Gasteiger partial charge in [0.2, 0.25) is 5.91 Å². The lowest BCUT2D eigenvalue weighted by molar-refractivity contribution is -0.130. The molecule has 1 heterocycles. The van der Waals surface area contributed by atoms with E-state index >= 15 is 0 Å². The first kappa shape index (κ1) is 16.1. The fourth-order valence-electron chi connectivity index (χ4n) is 2.75. The number of amides is 1. The lowest BCUT2D eigenvalue weighted by Crippen LogP contribution is -2.30. The van der Waals surface area contributed by atoms with Gasteiger partial charge < -0.3 is 9.64 Å². The Kier molecular flexibility index (Phi) is 5.27. The lowest BCUT2D eigenvalue weighted by Gasteiger charge is -2.17. The summed E-state index contributed by atoms with van der Waals surface area (Å²) >= 11 is 11.9. The van der Waals surface area contributed by atoms with Crippen LogP contribution in [0.4, 0.5) is 0 Å². The Morgan fingerprint density at radius 3 is 2.77 bits per heavy atom. The van der Waals surface area contributed by atoms with Gasteiger partial charge in [-0.2, -0.15) is 0 Å². The molecule has 0 spiro atoms. The molecule has 1 atom stereocenters. The summed E-state index contributed by atoms with van der Waals surface area (Å²) in [6.45, 7) is 2.43. The molecule has 1 aromatic rings. The van der Waals surface area contributed by atoms with Gasteiger partial charge in [-0.15, -0.1) is 0 Å². The second-order valence-electron chi connectivity index (χ2n) is 6.28. The van der Waals surface area contributed by atoms with E-state index in [4.69, 9.17) is 27.9 Å². The van der Waals surface area contributed by atoms with Crippen LogP contribution in [0, 0.1) is 5.92 Å². The molecular weight excluding hydrogens is 321 g/mol. The van der Waals surface area contributed by atoms with E-state index in [0.29, 0.717) is 22.9 Å². The van der Waals surface area contributed by atoms with Gasteiger partial charge >= 0.3 is 0 Å². The van der Waals surface area contributed by atoms with Crippen LogP contribution in [0.3, 0.4) is 0 Å².